The van der Waals surface area contributed by atoms with Crippen LogP contribution in [-0.2, 0) is 18.9 Å². The second-order valence-corrected chi connectivity index (χ2v) is 5.74. The Labute approximate surface area is 145 Å². The second kappa shape index (κ2) is 9.99. The number of ether oxygens (including phenoxy) is 5. The predicted molar refractivity (Wildman–Crippen MR) is 92.0 cm³/mol. The van der Waals surface area contributed by atoms with Crippen LogP contribution in [-0.4, -0.2) is 39.5 Å². The molecule has 0 aromatic heterocycles. The van der Waals surface area contributed by atoms with Gasteiger partial charge in [0.25, 0.3) is 0 Å². The standard InChI is InChI=1S/C19H30O5/c1-5-21-17-13-12-16(19(24-17)23-7-3)18(22-6-2)14-8-10-15(20-4)11-9-14/h8-11,16-19H,5-7,12-13H2,1-4H3. The highest BCUT2D eigenvalue weighted by molar-refractivity contribution is 5.29. The first-order valence-corrected chi connectivity index (χ1v) is 8.87. The van der Waals surface area contributed by atoms with Crippen LogP contribution in [0, 0.1) is 5.92 Å². The van der Waals surface area contributed by atoms with Crippen LogP contribution in [0.25, 0.3) is 0 Å². The molecular weight excluding hydrogens is 308 g/mol. The highest BCUT2D eigenvalue weighted by Crippen LogP contribution is 2.38. The van der Waals surface area contributed by atoms with Crippen LogP contribution < -0.4 is 4.74 Å². The van der Waals surface area contributed by atoms with E-state index in [1.165, 1.54) is 0 Å². The summed E-state index contributed by atoms with van der Waals surface area (Å²) in [5.74, 6) is 0.974. The molecule has 0 bridgehead atoms. The van der Waals surface area contributed by atoms with Crippen molar-refractivity contribution in [2.24, 2.45) is 5.92 Å². The Bertz CT molecular complexity index is 461. The molecule has 1 aliphatic heterocycles. The smallest absolute Gasteiger partial charge is 0.166 e. The fraction of sp³-hybridized carbons (Fsp3) is 0.684. The Hall–Kier alpha value is -1.14. The van der Waals surface area contributed by atoms with Gasteiger partial charge < -0.3 is 23.7 Å². The Balaban J connectivity index is 2.17. The van der Waals surface area contributed by atoms with Crippen LogP contribution in [0.1, 0.15) is 45.3 Å². The summed E-state index contributed by atoms with van der Waals surface area (Å²) in [6.07, 6.45) is 1.20. The van der Waals surface area contributed by atoms with Gasteiger partial charge in [-0.1, -0.05) is 12.1 Å². The summed E-state index contributed by atoms with van der Waals surface area (Å²) in [6.45, 7) is 7.85. The average Bonchev–Trinajstić information content (AvgIpc) is 2.61. The quantitative estimate of drug-likeness (QED) is 0.683. The first kappa shape index (κ1) is 19.2. The summed E-state index contributed by atoms with van der Waals surface area (Å²) < 4.78 is 28.8. The van der Waals surface area contributed by atoms with Crippen molar-refractivity contribution in [3.63, 3.8) is 0 Å². The topological polar surface area (TPSA) is 46.2 Å². The van der Waals surface area contributed by atoms with E-state index in [0.717, 1.165) is 24.2 Å². The number of hydrogen-bond donors (Lipinski definition) is 0. The van der Waals surface area contributed by atoms with Gasteiger partial charge in [0.2, 0.25) is 0 Å². The summed E-state index contributed by atoms with van der Waals surface area (Å²) in [4.78, 5) is 0. The molecule has 1 saturated heterocycles. The van der Waals surface area contributed by atoms with E-state index < -0.39 is 0 Å². The van der Waals surface area contributed by atoms with Crippen molar-refractivity contribution in [1.29, 1.82) is 0 Å². The summed E-state index contributed by atoms with van der Waals surface area (Å²) in [7, 11) is 1.67. The van der Waals surface area contributed by atoms with Gasteiger partial charge in [-0.25, -0.2) is 0 Å². The van der Waals surface area contributed by atoms with Crippen LogP contribution in [0.2, 0.25) is 0 Å². The monoisotopic (exact) mass is 338 g/mol. The average molecular weight is 338 g/mol. The van der Waals surface area contributed by atoms with Crippen LogP contribution in [0.5, 0.6) is 5.75 Å². The molecule has 0 radical (unpaired) electrons. The molecule has 4 unspecified atom stereocenters. The summed E-state index contributed by atoms with van der Waals surface area (Å²) >= 11 is 0. The SMILES string of the molecule is CCOC1CCC(C(OCC)c2ccc(OC)cc2)C(OCC)O1. The summed E-state index contributed by atoms with van der Waals surface area (Å²) in [6, 6.07) is 8.03. The van der Waals surface area contributed by atoms with Gasteiger partial charge in [-0.15, -0.1) is 0 Å². The predicted octanol–water partition coefficient (Wildman–Crippen LogP) is 3.92. The van der Waals surface area contributed by atoms with Crippen molar-refractivity contribution in [2.45, 2.75) is 52.3 Å². The first-order chi connectivity index (χ1) is 11.7. The largest absolute Gasteiger partial charge is 0.497 e. The summed E-state index contributed by atoms with van der Waals surface area (Å²) in [5.41, 5.74) is 1.12. The fourth-order valence-corrected chi connectivity index (χ4v) is 3.15. The molecule has 24 heavy (non-hydrogen) atoms. The molecule has 0 amide bonds. The minimum Gasteiger partial charge on any atom is -0.497 e. The van der Waals surface area contributed by atoms with Crippen LogP contribution in [0.4, 0.5) is 0 Å². The molecule has 4 atom stereocenters. The Morgan fingerprint density at radius 3 is 2.29 bits per heavy atom. The minimum absolute atomic E-state index is 0.0694. The van der Waals surface area contributed by atoms with Gasteiger partial charge in [-0.2, -0.15) is 0 Å². The van der Waals surface area contributed by atoms with E-state index in [4.69, 9.17) is 23.7 Å². The van der Waals surface area contributed by atoms with Gasteiger partial charge in [-0.05, 0) is 51.3 Å². The van der Waals surface area contributed by atoms with E-state index in [1.54, 1.807) is 7.11 Å². The van der Waals surface area contributed by atoms with Crippen molar-refractivity contribution in [3.8, 4) is 5.75 Å². The molecule has 1 aliphatic rings. The molecule has 1 heterocycles. The molecule has 1 fully saturated rings. The maximum atomic E-state index is 6.07. The van der Waals surface area contributed by atoms with Crippen molar-refractivity contribution in [2.75, 3.05) is 26.9 Å². The number of methoxy groups -OCH3 is 1. The molecular formula is C19H30O5. The zero-order valence-electron chi connectivity index (χ0n) is 15.2. The highest BCUT2D eigenvalue weighted by Gasteiger charge is 2.38. The number of hydrogen-bond acceptors (Lipinski definition) is 5. The molecule has 1 aromatic carbocycles. The molecule has 1 aromatic rings. The lowest BCUT2D eigenvalue weighted by molar-refractivity contribution is -0.297. The lowest BCUT2D eigenvalue weighted by atomic mass is 9.89. The molecule has 0 aliphatic carbocycles. The maximum Gasteiger partial charge on any atom is 0.166 e. The Morgan fingerprint density at radius 2 is 1.71 bits per heavy atom. The van der Waals surface area contributed by atoms with Gasteiger partial charge in [0, 0.05) is 25.7 Å². The molecule has 0 saturated carbocycles. The van der Waals surface area contributed by atoms with E-state index in [1.807, 2.05) is 32.9 Å². The third-order valence-corrected chi connectivity index (χ3v) is 4.23. The minimum atomic E-state index is -0.320. The van der Waals surface area contributed by atoms with Crippen LogP contribution in [0.3, 0.4) is 0 Å². The Kier molecular flexibility index (Phi) is 7.99. The fourth-order valence-electron chi connectivity index (χ4n) is 3.15. The van der Waals surface area contributed by atoms with E-state index >= 15 is 0 Å². The number of benzene rings is 1. The van der Waals surface area contributed by atoms with Crippen LogP contribution in [0.15, 0.2) is 24.3 Å². The summed E-state index contributed by atoms with van der Waals surface area (Å²) in [5, 5.41) is 0. The highest BCUT2D eigenvalue weighted by atomic mass is 16.8. The molecule has 5 nitrogen and oxygen atoms in total. The maximum absolute atomic E-state index is 6.07. The van der Waals surface area contributed by atoms with Crippen molar-refractivity contribution < 1.29 is 23.7 Å². The lowest BCUT2D eigenvalue weighted by Gasteiger charge is -2.39. The van der Waals surface area contributed by atoms with E-state index in [0.29, 0.717) is 19.8 Å². The van der Waals surface area contributed by atoms with E-state index in [-0.39, 0.29) is 24.6 Å². The van der Waals surface area contributed by atoms with Crippen LogP contribution >= 0.6 is 0 Å². The van der Waals surface area contributed by atoms with Gasteiger partial charge in [0.15, 0.2) is 12.6 Å². The van der Waals surface area contributed by atoms with E-state index in [9.17, 15) is 0 Å². The normalized spacial score (nSPS) is 25.4. The van der Waals surface area contributed by atoms with Gasteiger partial charge in [0.1, 0.15) is 5.75 Å². The van der Waals surface area contributed by atoms with Crippen molar-refractivity contribution in [3.05, 3.63) is 29.8 Å². The molecule has 5 heteroatoms. The third-order valence-electron chi connectivity index (χ3n) is 4.23. The van der Waals surface area contributed by atoms with Gasteiger partial charge in [0.05, 0.1) is 13.2 Å². The zero-order chi connectivity index (χ0) is 17.4. The third kappa shape index (κ3) is 4.93. The zero-order valence-corrected chi connectivity index (χ0v) is 15.2. The Morgan fingerprint density at radius 1 is 1.00 bits per heavy atom. The first-order valence-electron chi connectivity index (χ1n) is 8.87. The van der Waals surface area contributed by atoms with E-state index in [2.05, 4.69) is 12.1 Å². The second-order valence-electron chi connectivity index (χ2n) is 5.74. The van der Waals surface area contributed by atoms with Gasteiger partial charge >= 0.3 is 0 Å². The van der Waals surface area contributed by atoms with Crippen molar-refractivity contribution >= 4 is 0 Å². The molecule has 0 spiro atoms. The van der Waals surface area contributed by atoms with Gasteiger partial charge in [-0.3, -0.25) is 0 Å². The molecule has 136 valence electrons. The lowest BCUT2D eigenvalue weighted by Crippen LogP contribution is -2.41. The molecule has 0 N–H and O–H groups in total. The van der Waals surface area contributed by atoms with Crippen molar-refractivity contribution in [1.82, 2.24) is 0 Å². The molecule has 2 rings (SSSR count). The number of rotatable bonds is 9.